The molecule has 1 aliphatic heterocycles. The first-order valence-corrected chi connectivity index (χ1v) is 5.83. The normalized spacial score (nSPS) is 28.0. The van der Waals surface area contributed by atoms with Gasteiger partial charge in [-0.15, -0.1) is 0 Å². The molecule has 0 amide bonds. The van der Waals surface area contributed by atoms with Crippen LogP contribution in [-0.4, -0.2) is 20.1 Å². The number of rotatable bonds is 2. The number of anilines is 1. The van der Waals surface area contributed by atoms with Crippen LogP contribution in [0.3, 0.4) is 0 Å². The Morgan fingerprint density at radius 3 is 3.07 bits per heavy atom. The lowest BCUT2D eigenvalue weighted by Gasteiger charge is -2.12. The van der Waals surface area contributed by atoms with E-state index in [2.05, 4.69) is 30.1 Å². The van der Waals surface area contributed by atoms with Crippen LogP contribution in [-0.2, 0) is 6.42 Å². The number of fused-ring (bicyclic) bond motifs is 1. The van der Waals surface area contributed by atoms with Gasteiger partial charge in [0.1, 0.15) is 0 Å². The van der Waals surface area contributed by atoms with Gasteiger partial charge in [-0.25, -0.2) is 0 Å². The van der Waals surface area contributed by atoms with Crippen LogP contribution in [0.25, 0.3) is 0 Å². The fourth-order valence-corrected chi connectivity index (χ4v) is 2.73. The summed E-state index contributed by atoms with van der Waals surface area (Å²) in [6, 6.07) is 6.98. The molecule has 2 aliphatic rings. The molecule has 15 heavy (non-hydrogen) atoms. The van der Waals surface area contributed by atoms with E-state index in [1.54, 1.807) is 0 Å². The maximum Gasteiger partial charge on any atom is 0.0397 e. The van der Waals surface area contributed by atoms with Gasteiger partial charge in [0.25, 0.3) is 0 Å². The SMILES string of the molecule is CN1CCc2cc([C@@H]3C[C@H]3CN)ccc21. The zero-order valence-corrected chi connectivity index (χ0v) is 9.24. The summed E-state index contributed by atoms with van der Waals surface area (Å²) < 4.78 is 0. The Morgan fingerprint density at radius 1 is 1.47 bits per heavy atom. The Bertz CT molecular complexity index is 386. The van der Waals surface area contributed by atoms with Crippen molar-refractivity contribution < 1.29 is 0 Å². The summed E-state index contributed by atoms with van der Waals surface area (Å²) in [4.78, 5) is 2.34. The molecule has 1 aliphatic carbocycles. The predicted octanol–water partition coefficient (Wildman–Crippen LogP) is 1.74. The van der Waals surface area contributed by atoms with E-state index < -0.39 is 0 Å². The molecule has 0 saturated heterocycles. The summed E-state index contributed by atoms with van der Waals surface area (Å²) in [7, 11) is 2.17. The fraction of sp³-hybridized carbons (Fsp3) is 0.538. The molecule has 1 heterocycles. The van der Waals surface area contributed by atoms with Crippen LogP contribution in [0.4, 0.5) is 5.69 Å². The fourth-order valence-electron chi connectivity index (χ4n) is 2.73. The van der Waals surface area contributed by atoms with Crippen LogP contribution < -0.4 is 10.6 Å². The summed E-state index contributed by atoms with van der Waals surface area (Å²) in [6.45, 7) is 2.02. The van der Waals surface area contributed by atoms with Crippen molar-refractivity contribution in [3.8, 4) is 0 Å². The van der Waals surface area contributed by atoms with Crippen molar-refractivity contribution in [3.05, 3.63) is 29.3 Å². The predicted molar refractivity (Wildman–Crippen MR) is 63.3 cm³/mol. The van der Waals surface area contributed by atoms with E-state index in [4.69, 9.17) is 5.73 Å². The smallest absolute Gasteiger partial charge is 0.0397 e. The minimum atomic E-state index is 0.752. The van der Waals surface area contributed by atoms with E-state index in [0.29, 0.717) is 0 Å². The van der Waals surface area contributed by atoms with Gasteiger partial charge in [-0.05, 0) is 48.4 Å². The maximum atomic E-state index is 5.69. The number of likely N-dealkylation sites (N-methyl/N-ethyl adjacent to an activating group) is 1. The molecule has 0 spiro atoms. The van der Waals surface area contributed by atoms with Gasteiger partial charge in [-0.1, -0.05) is 12.1 Å². The number of nitrogens with zero attached hydrogens (tertiary/aromatic N) is 1. The zero-order valence-electron chi connectivity index (χ0n) is 9.24. The van der Waals surface area contributed by atoms with Crippen molar-refractivity contribution in [3.63, 3.8) is 0 Å². The third-order valence-corrected chi connectivity index (χ3v) is 3.88. The average Bonchev–Trinajstić information content (AvgIpc) is 2.97. The molecule has 1 aromatic rings. The Kier molecular flexibility index (Phi) is 1.99. The van der Waals surface area contributed by atoms with Crippen LogP contribution in [0, 0.1) is 5.92 Å². The lowest BCUT2D eigenvalue weighted by molar-refractivity contribution is 0.809. The van der Waals surface area contributed by atoms with Gasteiger partial charge in [0.05, 0.1) is 0 Å². The van der Waals surface area contributed by atoms with Crippen LogP contribution in [0.1, 0.15) is 23.5 Å². The standard InChI is InChI=1S/C13H18N2/c1-15-5-4-10-6-9(2-3-13(10)15)12-7-11(12)8-14/h2-3,6,11-12H,4-5,7-8,14H2,1H3/t11-,12-/m0/s1. The number of hydrogen-bond donors (Lipinski definition) is 1. The second-order valence-corrected chi connectivity index (χ2v) is 4.90. The topological polar surface area (TPSA) is 29.3 Å². The molecule has 3 rings (SSSR count). The lowest BCUT2D eigenvalue weighted by atomic mass is 10.0. The summed E-state index contributed by atoms with van der Waals surface area (Å²) in [5, 5.41) is 0. The Hall–Kier alpha value is -1.02. The highest BCUT2D eigenvalue weighted by molar-refractivity contribution is 5.59. The first kappa shape index (κ1) is 9.22. The number of nitrogens with two attached hydrogens (primary N) is 1. The van der Waals surface area contributed by atoms with Crippen LogP contribution in [0.2, 0.25) is 0 Å². The Morgan fingerprint density at radius 2 is 2.33 bits per heavy atom. The number of hydrogen-bond acceptors (Lipinski definition) is 2. The molecule has 1 saturated carbocycles. The highest BCUT2D eigenvalue weighted by Gasteiger charge is 2.37. The molecule has 1 fully saturated rings. The zero-order chi connectivity index (χ0) is 10.4. The van der Waals surface area contributed by atoms with Gasteiger partial charge >= 0.3 is 0 Å². The van der Waals surface area contributed by atoms with E-state index in [9.17, 15) is 0 Å². The molecule has 0 aromatic heterocycles. The van der Waals surface area contributed by atoms with Gasteiger partial charge in [0, 0.05) is 19.3 Å². The van der Waals surface area contributed by atoms with Crippen molar-refractivity contribution in [2.24, 2.45) is 11.7 Å². The van der Waals surface area contributed by atoms with Crippen molar-refractivity contribution in [1.29, 1.82) is 0 Å². The summed E-state index contributed by atoms with van der Waals surface area (Å²) in [5.41, 5.74) is 10.1. The largest absolute Gasteiger partial charge is 0.374 e. The van der Waals surface area contributed by atoms with Gasteiger partial charge in [0.15, 0.2) is 0 Å². The Labute approximate surface area is 91.1 Å². The molecular weight excluding hydrogens is 184 g/mol. The second kappa shape index (κ2) is 3.24. The van der Waals surface area contributed by atoms with E-state index in [1.165, 1.54) is 36.2 Å². The number of benzene rings is 1. The first-order chi connectivity index (χ1) is 7.29. The molecule has 80 valence electrons. The van der Waals surface area contributed by atoms with Crippen LogP contribution in [0.5, 0.6) is 0 Å². The van der Waals surface area contributed by atoms with Crippen molar-refractivity contribution >= 4 is 5.69 Å². The average molecular weight is 202 g/mol. The summed E-state index contributed by atoms with van der Waals surface area (Å²) in [5.74, 6) is 1.51. The maximum absolute atomic E-state index is 5.69. The third kappa shape index (κ3) is 1.44. The third-order valence-electron chi connectivity index (χ3n) is 3.88. The highest BCUT2D eigenvalue weighted by Crippen LogP contribution is 2.47. The van der Waals surface area contributed by atoms with Gasteiger partial charge < -0.3 is 10.6 Å². The molecule has 2 heteroatoms. The minimum absolute atomic E-state index is 0.752. The lowest BCUT2D eigenvalue weighted by Crippen LogP contribution is -2.12. The minimum Gasteiger partial charge on any atom is -0.374 e. The molecule has 1 aromatic carbocycles. The first-order valence-electron chi connectivity index (χ1n) is 5.83. The van der Waals surface area contributed by atoms with E-state index in [0.717, 1.165) is 18.4 Å². The monoisotopic (exact) mass is 202 g/mol. The quantitative estimate of drug-likeness (QED) is 0.791. The molecule has 2 nitrogen and oxygen atoms in total. The highest BCUT2D eigenvalue weighted by atomic mass is 15.1. The van der Waals surface area contributed by atoms with Crippen molar-refractivity contribution in [1.82, 2.24) is 0 Å². The Balaban J connectivity index is 1.88. The molecule has 2 atom stereocenters. The van der Waals surface area contributed by atoms with E-state index in [1.807, 2.05) is 0 Å². The molecular formula is C13H18N2. The summed E-state index contributed by atoms with van der Waals surface area (Å²) >= 11 is 0. The van der Waals surface area contributed by atoms with E-state index in [-0.39, 0.29) is 0 Å². The van der Waals surface area contributed by atoms with Crippen LogP contribution >= 0.6 is 0 Å². The van der Waals surface area contributed by atoms with Gasteiger partial charge in [-0.3, -0.25) is 0 Å². The molecule has 2 N–H and O–H groups in total. The van der Waals surface area contributed by atoms with Crippen LogP contribution in [0.15, 0.2) is 18.2 Å². The molecule has 0 unspecified atom stereocenters. The second-order valence-electron chi connectivity index (χ2n) is 4.90. The van der Waals surface area contributed by atoms with Gasteiger partial charge in [-0.2, -0.15) is 0 Å². The van der Waals surface area contributed by atoms with Crippen molar-refractivity contribution in [2.75, 3.05) is 25.0 Å². The van der Waals surface area contributed by atoms with Crippen molar-refractivity contribution in [2.45, 2.75) is 18.8 Å². The summed E-state index contributed by atoms with van der Waals surface area (Å²) in [6.07, 6.45) is 2.50. The van der Waals surface area contributed by atoms with Gasteiger partial charge in [0.2, 0.25) is 0 Å². The molecule has 0 radical (unpaired) electrons. The molecule has 0 bridgehead atoms. The van der Waals surface area contributed by atoms with E-state index >= 15 is 0 Å².